The summed E-state index contributed by atoms with van der Waals surface area (Å²) < 4.78 is 26.7. The van der Waals surface area contributed by atoms with Crippen LogP contribution >= 0.6 is 0 Å². The van der Waals surface area contributed by atoms with Crippen LogP contribution in [0, 0.1) is 24.5 Å². The van der Waals surface area contributed by atoms with Crippen molar-refractivity contribution in [3.05, 3.63) is 34.9 Å². The van der Waals surface area contributed by atoms with E-state index < -0.39 is 11.6 Å². The van der Waals surface area contributed by atoms with Gasteiger partial charge in [-0.3, -0.25) is 0 Å². The van der Waals surface area contributed by atoms with Gasteiger partial charge in [0, 0.05) is 5.56 Å². The molecule has 0 aromatic heterocycles. The van der Waals surface area contributed by atoms with E-state index in [-0.39, 0.29) is 5.56 Å². The Kier molecular flexibility index (Phi) is 3.54. The van der Waals surface area contributed by atoms with Crippen molar-refractivity contribution in [1.29, 1.82) is 0 Å². The standard InChI is InChI=1S/C13H17F2N/c1-9-12(14)6-11(7-13(9)15)5-10-3-2-4-16-8-10/h6-7,10,16H,2-5,8H2,1H3. The highest BCUT2D eigenvalue weighted by Gasteiger charge is 2.15. The molecule has 2 rings (SSSR count). The lowest BCUT2D eigenvalue weighted by Crippen LogP contribution is -2.30. The van der Waals surface area contributed by atoms with E-state index in [0.29, 0.717) is 5.92 Å². The smallest absolute Gasteiger partial charge is 0.129 e. The first-order chi connectivity index (χ1) is 7.66. The van der Waals surface area contributed by atoms with Crippen LogP contribution in [-0.2, 0) is 6.42 Å². The summed E-state index contributed by atoms with van der Waals surface area (Å²) in [7, 11) is 0. The van der Waals surface area contributed by atoms with Gasteiger partial charge >= 0.3 is 0 Å². The summed E-state index contributed by atoms with van der Waals surface area (Å²) in [5.41, 5.74) is 0.889. The van der Waals surface area contributed by atoms with Crippen LogP contribution in [0.25, 0.3) is 0 Å². The summed E-state index contributed by atoms with van der Waals surface area (Å²) in [5, 5.41) is 3.31. The number of rotatable bonds is 2. The van der Waals surface area contributed by atoms with Crippen LogP contribution in [-0.4, -0.2) is 13.1 Å². The predicted molar refractivity (Wildman–Crippen MR) is 60.4 cm³/mol. The van der Waals surface area contributed by atoms with Crippen molar-refractivity contribution in [1.82, 2.24) is 5.32 Å². The third kappa shape index (κ3) is 2.59. The molecule has 16 heavy (non-hydrogen) atoms. The molecule has 1 unspecified atom stereocenters. The molecule has 0 saturated carbocycles. The van der Waals surface area contributed by atoms with Gasteiger partial charge in [-0.15, -0.1) is 0 Å². The molecule has 1 aliphatic rings. The van der Waals surface area contributed by atoms with E-state index >= 15 is 0 Å². The van der Waals surface area contributed by atoms with Crippen molar-refractivity contribution in [2.75, 3.05) is 13.1 Å². The van der Waals surface area contributed by atoms with Gasteiger partial charge in [-0.05, 0) is 62.9 Å². The van der Waals surface area contributed by atoms with Crippen LogP contribution in [0.15, 0.2) is 12.1 Å². The summed E-state index contributed by atoms with van der Waals surface area (Å²) in [6.45, 7) is 3.49. The number of hydrogen-bond acceptors (Lipinski definition) is 1. The van der Waals surface area contributed by atoms with Crippen LogP contribution in [0.2, 0.25) is 0 Å². The topological polar surface area (TPSA) is 12.0 Å². The Morgan fingerprint density at radius 3 is 2.56 bits per heavy atom. The van der Waals surface area contributed by atoms with E-state index in [1.54, 1.807) is 0 Å². The minimum absolute atomic E-state index is 0.116. The molecular weight excluding hydrogens is 208 g/mol. The maximum absolute atomic E-state index is 13.3. The normalized spacial score (nSPS) is 21.1. The predicted octanol–water partition coefficient (Wildman–Crippen LogP) is 2.82. The molecule has 0 radical (unpaired) electrons. The van der Waals surface area contributed by atoms with Crippen molar-refractivity contribution in [2.24, 2.45) is 5.92 Å². The zero-order valence-electron chi connectivity index (χ0n) is 9.52. The fraction of sp³-hybridized carbons (Fsp3) is 0.538. The van der Waals surface area contributed by atoms with Gasteiger partial charge in [-0.1, -0.05) is 0 Å². The molecule has 1 nitrogen and oxygen atoms in total. The molecule has 1 N–H and O–H groups in total. The molecule has 88 valence electrons. The molecule has 1 aliphatic heterocycles. The third-order valence-electron chi connectivity index (χ3n) is 3.26. The maximum atomic E-state index is 13.3. The molecule has 1 heterocycles. The van der Waals surface area contributed by atoms with E-state index in [2.05, 4.69) is 5.32 Å². The molecule has 0 amide bonds. The SMILES string of the molecule is Cc1c(F)cc(CC2CCCNC2)cc1F. The van der Waals surface area contributed by atoms with Crippen LogP contribution < -0.4 is 5.32 Å². The minimum Gasteiger partial charge on any atom is -0.316 e. The Balaban J connectivity index is 2.09. The lowest BCUT2D eigenvalue weighted by Gasteiger charge is -2.22. The van der Waals surface area contributed by atoms with Gasteiger partial charge in [0.05, 0.1) is 0 Å². The molecular formula is C13H17F2N. The van der Waals surface area contributed by atoms with Crippen LogP contribution in [0.3, 0.4) is 0 Å². The van der Waals surface area contributed by atoms with E-state index in [0.717, 1.165) is 37.9 Å². The highest BCUT2D eigenvalue weighted by Crippen LogP contribution is 2.20. The first kappa shape index (κ1) is 11.5. The lowest BCUT2D eigenvalue weighted by molar-refractivity contribution is 0.375. The van der Waals surface area contributed by atoms with Gasteiger partial charge in [0.15, 0.2) is 0 Å². The first-order valence-corrected chi connectivity index (χ1v) is 5.82. The van der Waals surface area contributed by atoms with Crippen LogP contribution in [0.1, 0.15) is 24.0 Å². The number of benzene rings is 1. The summed E-state index contributed by atoms with van der Waals surface area (Å²) >= 11 is 0. The second kappa shape index (κ2) is 4.91. The molecule has 3 heteroatoms. The maximum Gasteiger partial charge on any atom is 0.129 e. The van der Waals surface area contributed by atoms with Crippen molar-refractivity contribution >= 4 is 0 Å². The van der Waals surface area contributed by atoms with Gasteiger partial charge in [0.2, 0.25) is 0 Å². The van der Waals surface area contributed by atoms with Crippen molar-refractivity contribution in [3.8, 4) is 0 Å². The summed E-state index contributed by atoms with van der Waals surface area (Å²) in [6.07, 6.45) is 3.06. The molecule has 1 saturated heterocycles. The lowest BCUT2D eigenvalue weighted by atomic mass is 9.92. The van der Waals surface area contributed by atoms with Crippen LogP contribution in [0.5, 0.6) is 0 Å². The Morgan fingerprint density at radius 1 is 1.31 bits per heavy atom. The number of piperidine rings is 1. The largest absolute Gasteiger partial charge is 0.316 e. The van der Waals surface area contributed by atoms with Gasteiger partial charge in [-0.25, -0.2) is 8.78 Å². The minimum atomic E-state index is -0.432. The van der Waals surface area contributed by atoms with Gasteiger partial charge in [0.25, 0.3) is 0 Å². The van der Waals surface area contributed by atoms with Crippen molar-refractivity contribution < 1.29 is 8.78 Å². The Labute approximate surface area is 94.9 Å². The molecule has 1 aromatic carbocycles. The zero-order chi connectivity index (χ0) is 11.5. The number of hydrogen-bond donors (Lipinski definition) is 1. The van der Waals surface area contributed by atoms with E-state index in [1.807, 2.05) is 0 Å². The van der Waals surface area contributed by atoms with Gasteiger partial charge in [0.1, 0.15) is 11.6 Å². The number of halogens is 2. The molecule has 0 spiro atoms. The number of nitrogens with one attached hydrogen (secondary N) is 1. The molecule has 0 aliphatic carbocycles. The van der Waals surface area contributed by atoms with E-state index in [9.17, 15) is 8.78 Å². The fourth-order valence-electron chi connectivity index (χ4n) is 2.25. The van der Waals surface area contributed by atoms with Gasteiger partial charge < -0.3 is 5.32 Å². The quantitative estimate of drug-likeness (QED) is 0.816. The third-order valence-corrected chi connectivity index (χ3v) is 3.26. The zero-order valence-corrected chi connectivity index (χ0v) is 9.52. The van der Waals surface area contributed by atoms with Crippen molar-refractivity contribution in [3.63, 3.8) is 0 Å². The summed E-state index contributed by atoms with van der Waals surface area (Å²) in [5.74, 6) is -0.354. The highest BCUT2D eigenvalue weighted by atomic mass is 19.1. The average Bonchev–Trinajstić information content (AvgIpc) is 2.27. The monoisotopic (exact) mass is 225 g/mol. The summed E-state index contributed by atoms with van der Waals surface area (Å²) in [4.78, 5) is 0. The first-order valence-electron chi connectivity index (χ1n) is 5.82. The Morgan fingerprint density at radius 2 is 2.00 bits per heavy atom. The second-order valence-corrected chi connectivity index (χ2v) is 4.60. The van der Waals surface area contributed by atoms with Crippen LogP contribution in [0.4, 0.5) is 8.78 Å². The Hall–Kier alpha value is -0.960. The average molecular weight is 225 g/mol. The molecule has 0 bridgehead atoms. The summed E-state index contributed by atoms with van der Waals surface area (Å²) in [6, 6.07) is 2.93. The molecule has 1 fully saturated rings. The molecule has 1 aromatic rings. The van der Waals surface area contributed by atoms with E-state index in [1.165, 1.54) is 19.1 Å². The Bertz CT molecular complexity index is 347. The molecule has 1 atom stereocenters. The van der Waals surface area contributed by atoms with E-state index in [4.69, 9.17) is 0 Å². The van der Waals surface area contributed by atoms with Gasteiger partial charge in [-0.2, -0.15) is 0 Å². The van der Waals surface area contributed by atoms with Crippen molar-refractivity contribution in [2.45, 2.75) is 26.2 Å². The second-order valence-electron chi connectivity index (χ2n) is 4.60. The fourth-order valence-corrected chi connectivity index (χ4v) is 2.25. The highest BCUT2D eigenvalue weighted by molar-refractivity contribution is 5.25.